The molecule has 3 rings (SSSR count). The summed E-state index contributed by atoms with van der Waals surface area (Å²) >= 11 is 6.19. The van der Waals surface area contributed by atoms with E-state index in [1.165, 1.54) is 0 Å². The fourth-order valence-corrected chi connectivity index (χ4v) is 3.01. The van der Waals surface area contributed by atoms with Crippen LogP contribution in [0.25, 0.3) is 0 Å². The van der Waals surface area contributed by atoms with Crippen molar-refractivity contribution in [2.24, 2.45) is 4.99 Å². The fourth-order valence-electron chi connectivity index (χ4n) is 2.83. The number of hydrogen-bond donors (Lipinski definition) is 1. The number of amidine groups is 1. The number of aliphatic imine (C=N–C) groups is 1. The van der Waals surface area contributed by atoms with Crippen molar-refractivity contribution in [2.45, 2.75) is 19.8 Å². The van der Waals surface area contributed by atoms with Crippen LogP contribution in [0.1, 0.15) is 41.3 Å². The van der Waals surface area contributed by atoms with Crippen LogP contribution in [-0.4, -0.2) is 18.2 Å². The Morgan fingerprint density at radius 1 is 0.929 bits per heavy atom. The summed E-state index contributed by atoms with van der Waals surface area (Å²) in [5.41, 5.74) is 2.82. The van der Waals surface area contributed by atoms with Gasteiger partial charge in [0, 0.05) is 28.3 Å². The molecule has 0 fully saturated rings. The minimum Gasteiger partial charge on any atom is -0.339 e. The van der Waals surface area contributed by atoms with Crippen LogP contribution in [0.2, 0.25) is 5.02 Å². The zero-order chi connectivity index (χ0) is 19.8. The van der Waals surface area contributed by atoms with E-state index in [4.69, 9.17) is 16.6 Å². The van der Waals surface area contributed by atoms with Crippen molar-refractivity contribution in [3.63, 3.8) is 0 Å². The predicted molar refractivity (Wildman–Crippen MR) is 118 cm³/mol. The molecule has 0 aromatic heterocycles. The van der Waals surface area contributed by atoms with Crippen LogP contribution in [0, 0.1) is 0 Å². The highest BCUT2D eigenvalue weighted by atomic mass is 35.5. The van der Waals surface area contributed by atoms with Crippen molar-refractivity contribution in [1.82, 2.24) is 0 Å². The molecule has 3 aromatic carbocycles. The van der Waals surface area contributed by atoms with Gasteiger partial charge in [-0.1, -0.05) is 85.6 Å². The van der Waals surface area contributed by atoms with Crippen LogP contribution < -0.4 is 5.32 Å². The SMILES string of the molecule is CCCCN=C(Nc1ccc(Cl)cc1C(=O)c1ccccc1)c1ccccc1. The van der Waals surface area contributed by atoms with Gasteiger partial charge in [0.1, 0.15) is 5.84 Å². The summed E-state index contributed by atoms with van der Waals surface area (Å²) < 4.78 is 0. The maximum absolute atomic E-state index is 13.1. The average Bonchev–Trinajstić information content (AvgIpc) is 2.75. The second-order valence-corrected chi connectivity index (χ2v) is 6.90. The number of halogens is 1. The van der Waals surface area contributed by atoms with E-state index in [9.17, 15) is 4.79 Å². The molecule has 0 aliphatic carbocycles. The van der Waals surface area contributed by atoms with Gasteiger partial charge < -0.3 is 5.32 Å². The molecule has 28 heavy (non-hydrogen) atoms. The van der Waals surface area contributed by atoms with E-state index in [1.54, 1.807) is 24.3 Å². The number of unbranched alkanes of at least 4 members (excludes halogenated alkanes) is 1. The van der Waals surface area contributed by atoms with Gasteiger partial charge in [0.25, 0.3) is 0 Å². The maximum Gasteiger partial charge on any atom is 0.195 e. The normalized spacial score (nSPS) is 11.3. The molecule has 3 aromatic rings. The lowest BCUT2D eigenvalue weighted by Crippen LogP contribution is -2.17. The third-order valence-corrected chi connectivity index (χ3v) is 4.58. The van der Waals surface area contributed by atoms with Gasteiger partial charge in [0.05, 0.1) is 5.69 Å². The van der Waals surface area contributed by atoms with Gasteiger partial charge in [-0.15, -0.1) is 0 Å². The van der Waals surface area contributed by atoms with Gasteiger partial charge in [0.15, 0.2) is 5.78 Å². The monoisotopic (exact) mass is 390 g/mol. The molecule has 142 valence electrons. The molecular weight excluding hydrogens is 368 g/mol. The molecule has 0 aliphatic rings. The highest BCUT2D eigenvalue weighted by Crippen LogP contribution is 2.24. The molecule has 1 N–H and O–H groups in total. The summed E-state index contributed by atoms with van der Waals surface area (Å²) in [7, 11) is 0. The quantitative estimate of drug-likeness (QED) is 0.225. The van der Waals surface area contributed by atoms with Crippen LogP contribution in [-0.2, 0) is 0 Å². The van der Waals surface area contributed by atoms with Gasteiger partial charge in [-0.05, 0) is 24.6 Å². The van der Waals surface area contributed by atoms with Gasteiger partial charge in [-0.25, -0.2) is 0 Å². The molecule has 3 nitrogen and oxygen atoms in total. The first-order valence-corrected chi connectivity index (χ1v) is 9.83. The van der Waals surface area contributed by atoms with Crippen LogP contribution in [0.5, 0.6) is 0 Å². The average molecular weight is 391 g/mol. The molecular formula is C24H23ClN2O. The van der Waals surface area contributed by atoms with E-state index < -0.39 is 0 Å². The number of rotatable bonds is 7. The Morgan fingerprint density at radius 2 is 1.57 bits per heavy atom. The molecule has 0 spiro atoms. The van der Waals surface area contributed by atoms with E-state index in [0.717, 1.165) is 30.8 Å². The Hall–Kier alpha value is -2.91. The Kier molecular flexibility index (Phi) is 6.99. The van der Waals surface area contributed by atoms with Crippen LogP contribution >= 0.6 is 11.6 Å². The standard InChI is InChI=1S/C24H23ClN2O/c1-2-3-16-26-24(19-12-8-5-9-13-19)27-22-15-14-20(25)17-21(22)23(28)18-10-6-4-7-11-18/h4-15,17H,2-3,16H2,1H3,(H,26,27). The van der Waals surface area contributed by atoms with Crippen molar-refractivity contribution in [1.29, 1.82) is 0 Å². The lowest BCUT2D eigenvalue weighted by atomic mass is 10.0. The van der Waals surface area contributed by atoms with Crippen LogP contribution in [0.3, 0.4) is 0 Å². The molecule has 0 saturated heterocycles. The van der Waals surface area contributed by atoms with E-state index in [-0.39, 0.29) is 5.78 Å². The molecule has 0 amide bonds. The number of benzene rings is 3. The zero-order valence-electron chi connectivity index (χ0n) is 15.9. The largest absolute Gasteiger partial charge is 0.339 e. The number of carbonyl (C=O) groups is 1. The minimum atomic E-state index is -0.0773. The lowest BCUT2D eigenvalue weighted by molar-refractivity contribution is 0.103. The first-order valence-electron chi connectivity index (χ1n) is 9.45. The topological polar surface area (TPSA) is 41.5 Å². The van der Waals surface area contributed by atoms with Gasteiger partial charge in [-0.2, -0.15) is 0 Å². The van der Waals surface area contributed by atoms with Crippen molar-refractivity contribution in [2.75, 3.05) is 11.9 Å². The second-order valence-electron chi connectivity index (χ2n) is 6.46. The molecule has 0 heterocycles. The first-order chi connectivity index (χ1) is 13.7. The first kappa shape index (κ1) is 19.8. The van der Waals surface area contributed by atoms with Gasteiger partial charge in [-0.3, -0.25) is 9.79 Å². The minimum absolute atomic E-state index is 0.0773. The molecule has 0 unspecified atom stereocenters. The Bertz CT molecular complexity index is 953. The van der Waals surface area contributed by atoms with E-state index in [1.807, 2.05) is 54.6 Å². The number of anilines is 1. The summed E-state index contributed by atoms with van der Waals surface area (Å²) in [6.45, 7) is 2.87. The second kappa shape index (κ2) is 9.86. The number of nitrogens with zero attached hydrogens (tertiary/aromatic N) is 1. The summed E-state index contributed by atoms with van der Waals surface area (Å²) in [6.07, 6.45) is 2.08. The van der Waals surface area contributed by atoms with Crippen LogP contribution in [0.15, 0.2) is 83.9 Å². The van der Waals surface area contributed by atoms with E-state index in [2.05, 4.69) is 12.2 Å². The van der Waals surface area contributed by atoms with E-state index in [0.29, 0.717) is 21.8 Å². The maximum atomic E-state index is 13.1. The third kappa shape index (κ3) is 5.08. The summed E-state index contributed by atoms with van der Waals surface area (Å²) in [6, 6.07) is 24.5. The van der Waals surface area contributed by atoms with Crippen molar-refractivity contribution in [3.8, 4) is 0 Å². The molecule has 0 atom stereocenters. The molecule has 4 heteroatoms. The Labute approximate surface area is 171 Å². The van der Waals surface area contributed by atoms with Crippen LogP contribution in [0.4, 0.5) is 5.69 Å². The summed E-state index contributed by atoms with van der Waals surface area (Å²) in [5.74, 6) is 0.671. The summed E-state index contributed by atoms with van der Waals surface area (Å²) in [5, 5.41) is 3.89. The van der Waals surface area contributed by atoms with Crippen molar-refractivity contribution >= 4 is 28.9 Å². The number of carbonyl (C=O) groups excluding carboxylic acids is 1. The fraction of sp³-hybridized carbons (Fsp3) is 0.167. The van der Waals surface area contributed by atoms with Gasteiger partial charge in [0.2, 0.25) is 0 Å². The van der Waals surface area contributed by atoms with Gasteiger partial charge >= 0.3 is 0 Å². The van der Waals surface area contributed by atoms with Crippen molar-refractivity contribution < 1.29 is 4.79 Å². The number of hydrogen-bond acceptors (Lipinski definition) is 2. The third-order valence-electron chi connectivity index (χ3n) is 4.34. The number of nitrogens with one attached hydrogen (secondary N) is 1. The molecule has 0 aliphatic heterocycles. The molecule has 0 saturated carbocycles. The smallest absolute Gasteiger partial charge is 0.195 e. The van der Waals surface area contributed by atoms with E-state index >= 15 is 0 Å². The Morgan fingerprint density at radius 3 is 2.21 bits per heavy atom. The highest BCUT2D eigenvalue weighted by Gasteiger charge is 2.16. The number of ketones is 1. The lowest BCUT2D eigenvalue weighted by Gasteiger charge is -2.15. The van der Waals surface area contributed by atoms with Crippen molar-refractivity contribution in [3.05, 3.63) is 101 Å². The summed E-state index contributed by atoms with van der Waals surface area (Å²) in [4.78, 5) is 17.8. The Balaban J connectivity index is 1.97. The molecule has 0 bridgehead atoms. The predicted octanol–water partition coefficient (Wildman–Crippen LogP) is 6.23. The highest BCUT2D eigenvalue weighted by molar-refractivity contribution is 6.31. The molecule has 0 radical (unpaired) electrons. The zero-order valence-corrected chi connectivity index (χ0v) is 16.6.